The van der Waals surface area contributed by atoms with E-state index in [9.17, 15) is 4.79 Å². The van der Waals surface area contributed by atoms with Gasteiger partial charge in [0.2, 0.25) is 0 Å². The highest BCUT2D eigenvalue weighted by molar-refractivity contribution is 9.10. The van der Waals surface area contributed by atoms with Crippen molar-refractivity contribution in [2.24, 2.45) is 5.92 Å². The van der Waals surface area contributed by atoms with Gasteiger partial charge in [-0.3, -0.25) is 9.69 Å². The summed E-state index contributed by atoms with van der Waals surface area (Å²) in [5, 5.41) is 0. The molecule has 1 heterocycles. The largest absolute Gasteiger partial charge is 0.496 e. The standard InChI is InChI=1S/C20H22BrNO3/c1-24-19-9-8-15(21)10-16(19)17-12-22(13-18(17)20(23)25-2)11-14-6-4-3-5-7-14/h3-10,17-18H,11-13H2,1-2H3/t17-,18+/m0/s1. The maximum atomic E-state index is 12.4. The van der Waals surface area contributed by atoms with Crippen LogP contribution in [0.4, 0.5) is 0 Å². The number of ether oxygens (including phenoxy) is 2. The summed E-state index contributed by atoms with van der Waals surface area (Å²) in [5.41, 5.74) is 2.29. The maximum Gasteiger partial charge on any atom is 0.310 e. The third-order valence-corrected chi connectivity index (χ3v) is 5.23. The van der Waals surface area contributed by atoms with Crippen molar-refractivity contribution in [2.75, 3.05) is 27.3 Å². The normalized spacial score (nSPS) is 20.4. The molecule has 0 N–H and O–H groups in total. The molecule has 4 nitrogen and oxygen atoms in total. The summed E-state index contributed by atoms with van der Waals surface area (Å²) in [6.45, 7) is 2.30. The Balaban J connectivity index is 1.88. The van der Waals surface area contributed by atoms with Crippen LogP contribution in [-0.4, -0.2) is 38.2 Å². The molecule has 1 aliphatic rings. The molecule has 132 valence electrons. The number of benzene rings is 2. The van der Waals surface area contributed by atoms with Crippen molar-refractivity contribution >= 4 is 21.9 Å². The summed E-state index contributed by atoms with van der Waals surface area (Å²) in [5.74, 6) is 0.492. The van der Waals surface area contributed by atoms with Crippen LogP contribution in [0.1, 0.15) is 17.0 Å². The maximum absolute atomic E-state index is 12.4. The minimum absolute atomic E-state index is 0.0450. The van der Waals surface area contributed by atoms with Gasteiger partial charge in [0.15, 0.2) is 0 Å². The zero-order valence-corrected chi connectivity index (χ0v) is 16.0. The molecule has 2 aromatic carbocycles. The summed E-state index contributed by atoms with van der Waals surface area (Å²) in [4.78, 5) is 14.7. The molecule has 1 fully saturated rings. The number of esters is 1. The van der Waals surface area contributed by atoms with E-state index in [0.29, 0.717) is 6.54 Å². The van der Waals surface area contributed by atoms with Gasteiger partial charge in [-0.05, 0) is 23.8 Å². The number of methoxy groups -OCH3 is 2. The van der Waals surface area contributed by atoms with Gasteiger partial charge in [0.05, 0.1) is 20.1 Å². The van der Waals surface area contributed by atoms with Gasteiger partial charge >= 0.3 is 5.97 Å². The fourth-order valence-electron chi connectivity index (χ4n) is 3.56. The first-order valence-electron chi connectivity index (χ1n) is 8.30. The van der Waals surface area contributed by atoms with E-state index in [2.05, 4.69) is 33.0 Å². The third kappa shape index (κ3) is 4.05. The molecule has 0 bridgehead atoms. The minimum atomic E-state index is -0.197. The van der Waals surface area contributed by atoms with E-state index in [1.807, 2.05) is 36.4 Å². The van der Waals surface area contributed by atoms with Crippen LogP contribution in [0.3, 0.4) is 0 Å². The van der Waals surface area contributed by atoms with Crippen LogP contribution in [0.5, 0.6) is 5.75 Å². The molecule has 1 aliphatic heterocycles. The minimum Gasteiger partial charge on any atom is -0.496 e. The molecule has 25 heavy (non-hydrogen) atoms. The summed E-state index contributed by atoms with van der Waals surface area (Å²) in [7, 11) is 3.12. The lowest BCUT2D eigenvalue weighted by molar-refractivity contribution is -0.145. The van der Waals surface area contributed by atoms with Crippen LogP contribution >= 0.6 is 15.9 Å². The number of carbonyl (C=O) groups is 1. The topological polar surface area (TPSA) is 38.8 Å². The Labute approximate surface area is 156 Å². The zero-order valence-electron chi connectivity index (χ0n) is 14.4. The molecule has 3 rings (SSSR count). The van der Waals surface area contributed by atoms with Crippen LogP contribution < -0.4 is 4.74 Å². The van der Waals surface area contributed by atoms with Gasteiger partial charge in [-0.25, -0.2) is 0 Å². The molecule has 0 aromatic heterocycles. The fourth-order valence-corrected chi connectivity index (χ4v) is 3.94. The van der Waals surface area contributed by atoms with E-state index in [0.717, 1.165) is 28.9 Å². The van der Waals surface area contributed by atoms with Crippen molar-refractivity contribution in [3.63, 3.8) is 0 Å². The molecule has 5 heteroatoms. The Morgan fingerprint density at radius 3 is 2.60 bits per heavy atom. The SMILES string of the molecule is COC(=O)[C@@H]1CN(Cc2ccccc2)C[C@H]1c1cc(Br)ccc1OC. The highest BCUT2D eigenvalue weighted by atomic mass is 79.9. The quantitative estimate of drug-likeness (QED) is 0.710. The number of nitrogens with zero attached hydrogens (tertiary/aromatic N) is 1. The van der Waals surface area contributed by atoms with E-state index < -0.39 is 0 Å². The molecule has 2 aromatic rings. The Kier molecular flexibility index (Phi) is 5.76. The van der Waals surface area contributed by atoms with E-state index in [4.69, 9.17) is 9.47 Å². The molecule has 0 aliphatic carbocycles. The van der Waals surface area contributed by atoms with E-state index in [1.54, 1.807) is 7.11 Å². The molecule has 0 radical (unpaired) electrons. The van der Waals surface area contributed by atoms with E-state index in [-0.39, 0.29) is 17.8 Å². The molecule has 0 spiro atoms. The number of hydrogen-bond donors (Lipinski definition) is 0. The van der Waals surface area contributed by atoms with E-state index >= 15 is 0 Å². The number of rotatable bonds is 5. The van der Waals surface area contributed by atoms with Crippen LogP contribution in [-0.2, 0) is 16.1 Å². The summed E-state index contributed by atoms with van der Waals surface area (Å²) >= 11 is 3.53. The van der Waals surface area contributed by atoms with Gasteiger partial charge in [-0.1, -0.05) is 46.3 Å². The molecular weight excluding hydrogens is 382 g/mol. The highest BCUT2D eigenvalue weighted by Gasteiger charge is 2.40. The average molecular weight is 404 g/mol. The predicted molar refractivity (Wildman–Crippen MR) is 101 cm³/mol. The summed E-state index contributed by atoms with van der Waals surface area (Å²) in [6, 6.07) is 16.3. The average Bonchev–Trinajstić information content (AvgIpc) is 3.05. The van der Waals surface area contributed by atoms with Gasteiger partial charge in [-0.15, -0.1) is 0 Å². The van der Waals surface area contributed by atoms with Gasteiger partial charge in [-0.2, -0.15) is 0 Å². The predicted octanol–water partition coefficient (Wildman–Crippen LogP) is 3.85. The van der Waals surface area contributed by atoms with Gasteiger partial charge in [0.25, 0.3) is 0 Å². The monoisotopic (exact) mass is 403 g/mol. The van der Waals surface area contributed by atoms with Crippen molar-refractivity contribution in [1.82, 2.24) is 4.90 Å². The second-order valence-corrected chi connectivity index (χ2v) is 7.22. The number of halogens is 1. The smallest absolute Gasteiger partial charge is 0.310 e. The summed E-state index contributed by atoms with van der Waals surface area (Å²) in [6.07, 6.45) is 0. The van der Waals surface area contributed by atoms with Crippen molar-refractivity contribution < 1.29 is 14.3 Å². The van der Waals surface area contributed by atoms with Crippen LogP contribution in [0.25, 0.3) is 0 Å². The Bertz CT molecular complexity index is 735. The Morgan fingerprint density at radius 2 is 1.92 bits per heavy atom. The summed E-state index contributed by atoms with van der Waals surface area (Å²) < 4.78 is 11.6. The van der Waals surface area contributed by atoms with Crippen molar-refractivity contribution in [1.29, 1.82) is 0 Å². The van der Waals surface area contributed by atoms with Crippen LogP contribution in [0.2, 0.25) is 0 Å². The van der Waals surface area contributed by atoms with Crippen molar-refractivity contribution in [2.45, 2.75) is 12.5 Å². The lowest BCUT2D eigenvalue weighted by atomic mass is 9.88. The van der Waals surface area contributed by atoms with Crippen LogP contribution in [0, 0.1) is 5.92 Å². The zero-order chi connectivity index (χ0) is 17.8. The Morgan fingerprint density at radius 1 is 1.16 bits per heavy atom. The molecule has 1 saturated heterocycles. The third-order valence-electron chi connectivity index (χ3n) is 4.74. The molecule has 0 amide bonds. The molecule has 2 atom stereocenters. The number of carbonyl (C=O) groups excluding carboxylic acids is 1. The van der Waals surface area contributed by atoms with Gasteiger partial charge in [0.1, 0.15) is 5.75 Å². The fraction of sp³-hybridized carbons (Fsp3) is 0.350. The van der Waals surface area contributed by atoms with Gasteiger partial charge in [0, 0.05) is 35.6 Å². The number of likely N-dealkylation sites (tertiary alicyclic amines) is 1. The van der Waals surface area contributed by atoms with Crippen molar-refractivity contribution in [3.8, 4) is 5.75 Å². The first kappa shape index (κ1) is 18.0. The molecule has 0 unspecified atom stereocenters. The molecule has 0 saturated carbocycles. The van der Waals surface area contributed by atoms with E-state index in [1.165, 1.54) is 12.7 Å². The second-order valence-electron chi connectivity index (χ2n) is 6.30. The first-order valence-corrected chi connectivity index (χ1v) is 9.09. The lowest BCUT2D eigenvalue weighted by Gasteiger charge is -2.20. The number of hydrogen-bond acceptors (Lipinski definition) is 4. The van der Waals surface area contributed by atoms with Crippen molar-refractivity contribution in [3.05, 3.63) is 64.1 Å². The first-order chi connectivity index (χ1) is 12.1. The van der Waals surface area contributed by atoms with Crippen LogP contribution in [0.15, 0.2) is 53.0 Å². The Hall–Kier alpha value is -1.85. The molecular formula is C20H22BrNO3. The lowest BCUT2D eigenvalue weighted by Crippen LogP contribution is -2.24. The highest BCUT2D eigenvalue weighted by Crippen LogP contribution is 2.39. The van der Waals surface area contributed by atoms with Gasteiger partial charge < -0.3 is 9.47 Å². The second kappa shape index (κ2) is 8.02.